The lowest BCUT2D eigenvalue weighted by Crippen LogP contribution is -2.45. The fourth-order valence-electron chi connectivity index (χ4n) is 9.64. The molecule has 0 aromatic heterocycles. The SMILES string of the molecule is CCCCCCCCC/C=C\CCCCCCCC(=O)OCCCCCCCCCCCCCCCCCCCCC(=O)NC(CO)C(O)CCCCCCCCCCCCCCCCCC. The van der Waals surface area contributed by atoms with Gasteiger partial charge in [0.1, 0.15) is 0 Å². The summed E-state index contributed by atoms with van der Waals surface area (Å²) in [6.07, 6.45) is 67.8. The molecule has 0 saturated heterocycles. The van der Waals surface area contributed by atoms with Gasteiger partial charge in [0.2, 0.25) is 5.91 Å². The predicted octanol–water partition coefficient (Wildman–Crippen LogP) is 18.9. The standard InChI is InChI=1S/C61H119NO5/c1-3-5-7-9-11-13-15-17-19-25-29-33-37-41-45-49-53-59(64)58(57-63)62-60(65)54-50-46-42-38-34-30-26-23-21-22-24-28-32-36-40-44-48-52-56-67-61(66)55-51-47-43-39-35-31-27-20-18-16-14-12-10-8-6-4-2/h20,27,58-59,63-64H,3-19,21-26,28-57H2,1-2H3,(H,62,65)/b27-20-. The molecule has 398 valence electrons. The first-order valence-corrected chi connectivity index (χ1v) is 30.4. The molecule has 6 nitrogen and oxygen atoms in total. The zero-order chi connectivity index (χ0) is 48.6. The van der Waals surface area contributed by atoms with Crippen molar-refractivity contribution in [2.24, 2.45) is 0 Å². The van der Waals surface area contributed by atoms with Gasteiger partial charge >= 0.3 is 5.97 Å². The van der Waals surface area contributed by atoms with Gasteiger partial charge in [-0.25, -0.2) is 0 Å². The average molecular weight is 947 g/mol. The normalized spacial score (nSPS) is 12.6. The van der Waals surface area contributed by atoms with Crippen molar-refractivity contribution in [3.63, 3.8) is 0 Å². The van der Waals surface area contributed by atoms with E-state index in [0.717, 1.165) is 44.9 Å². The van der Waals surface area contributed by atoms with E-state index in [4.69, 9.17) is 4.74 Å². The Hall–Kier alpha value is -1.40. The van der Waals surface area contributed by atoms with Gasteiger partial charge in [-0.2, -0.15) is 0 Å². The molecule has 0 aromatic carbocycles. The van der Waals surface area contributed by atoms with E-state index in [1.54, 1.807) is 0 Å². The molecule has 67 heavy (non-hydrogen) atoms. The Morgan fingerprint density at radius 2 is 0.701 bits per heavy atom. The van der Waals surface area contributed by atoms with Crippen LogP contribution in [0.25, 0.3) is 0 Å². The van der Waals surface area contributed by atoms with Crippen molar-refractivity contribution in [1.82, 2.24) is 5.32 Å². The Morgan fingerprint density at radius 3 is 1.06 bits per heavy atom. The summed E-state index contributed by atoms with van der Waals surface area (Å²) in [5.74, 6) is -0.0357. The van der Waals surface area contributed by atoms with E-state index in [9.17, 15) is 19.8 Å². The molecule has 0 bridgehead atoms. The van der Waals surface area contributed by atoms with Gasteiger partial charge in [0.05, 0.1) is 25.4 Å². The van der Waals surface area contributed by atoms with Crippen LogP contribution >= 0.6 is 0 Å². The van der Waals surface area contributed by atoms with Gasteiger partial charge in [-0.3, -0.25) is 9.59 Å². The van der Waals surface area contributed by atoms with Gasteiger partial charge in [0, 0.05) is 12.8 Å². The number of aliphatic hydroxyl groups excluding tert-OH is 2. The van der Waals surface area contributed by atoms with E-state index in [1.165, 1.54) is 263 Å². The van der Waals surface area contributed by atoms with E-state index in [-0.39, 0.29) is 18.5 Å². The van der Waals surface area contributed by atoms with Crippen LogP contribution in [0.2, 0.25) is 0 Å². The van der Waals surface area contributed by atoms with Crippen LogP contribution in [-0.4, -0.2) is 47.4 Å². The molecule has 6 heteroatoms. The fraction of sp³-hybridized carbons (Fsp3) is 0.934. The minimum Gasteiger partial charge on any atom is -0.466 e. The summed E-state index contributed by atoms with van der Waals surface area (Å²) in [4.78, 5) is 24.6. The highest BCUT2D eigenvalue weighted by molar-refractivity contribution is 5.76. The lowest BCUT2D eigenvalue weighted by atomic mass is 10.0. The van der Waals surface area contributed by atoms with Crippen LogP contribution in [0.1, 0.15) is 341 Å². The lowest BCUT2D eigenvalue weighted by molar-refractivity contribution is -0.143. The number of hydrogen-bond acceptors (Lipinski definition) is 5. The first kappa shape index (κ1) is 65.6. The van der Waals surface area contributed by atoms with Crippen molar-refractivity contribution >= 4 is 11.9 Å². The van der Waals surface area contributed by atoms with Crippen molar-refractivity contribution in [1.29, 1.82) is 0 Å². The molecule has 2 unspecified atom stereocenters. The van der Waals surface area contributed by atoms with E-state index in [0.29, 0.717) is 25.9 Å². The second kappa shape index (κ2) is 57.2. The van der Waals surface area contributed by atoms with Gasteiger partial charge in [-0.05, 0) is 51.4 Å². The Bertz CT molecular complexity index is 1000. The average Bonchev–Trinajstić information content (AvgIpc) is 3.33. The Balaban J connectivity index is 3.40. The van der Waals surface area contributed by atoms with Crippen molar-refractivity contribution in [2.75, 3.05) is 13.2 Å². The molecule has 0 saturated carbocycles. The molecular weight excluding hydrogens is 827 g/mol. The monoisotopic (exact) mass is 946 g/mol. The Kier molecular flexibility index (Phi) is 56.0. The smallest absolute Gasteiger partial charge is 0.305 e. The van der Waals surface area contributed by atoms with Crippen molar-refractivity contribution in [2.45, 2.75) is 353 Å². The maximum Gasteiger partial charge on any atom is 0.305 e. The topological polar surface area (TPSA) is 95.9 Å². The maximum absolute atomic E-state index is 12.5. The number of esters is 1. The third-order valence-electron chi connectivity index (χ3n) is 14.3. The fourth-order valence-corrected chi connectivity index (χ4v) is 9.64. The highest BCUT2D eigenvalue weighted by Gasteiger charge is 2.20. The first-order valence-electron chi connectivity index (χ1n) is 30.4. The predicted molar refractivity (Wildman–Crippen MR) is 292 cm³/mol. The molecule has 0 radical (unpaired) electrons. The largest absolute Gasteiger partial charge is 0.466 e. The molecule has 0 aliphatic heterocycles. The summed E-state index contributed by atoms with van der Waals surface area (Å²) in [5.41, 5.74) is 0. The zero-order valence-electron chi connectivity index (χ0n) is 45.4. The van der Waals surface area contributed by atoms with Gasteiger partial charge in [-0.15, -0.1) is 0 Å². The minimum absolute atomic E-state index is 0.000766. The van der Waals surface area contributed by atoms with Crippen molar-refractivity contribution in [3.05, 3.63) is 12.2 Å². The number of nitrogens with one attached hydrogen (secondary N) is 1. The third kappa shape index (κ3) is 53.8. The number of ether oxygens (including phenoxy) is 1. The van der Waals surface area contributed by atoms with Crippen LogP contribution in [0.15, 0.2) is 12.2 Å². The molecule has 0 aliphatic rings. The van der Waals surface area contributed by atoms with Crippen LogP contribution < -0.4 is 5.32 Å². The quantitative estimate of drug-likeness (QED) is 0.0321. The van der Waals surface area contributed by atoms with Crippen LogP contribution in [0.4, 0.5) is 0 Å². The number of rotatable bonds is 57. The summed E-state index contributed by atoms with van der Waals surface area (Å²) in [7, 11) is 0. The summed E-state index contributed by atoms with van der Waals surface area (Å²) >= 11 is 0. The highest BCUT2D eigenvalue weighted by Crippen LogP contribution is 2.18. The number of carbonyl (C=O) groups is 2. The summed E-state index contributed by atoms with van der Waals surface area (Å²) in [6, 6.07) is -0.544. The van der Waals surface area contributed by atoms with E-state index in [1.807, 2.05) is 0 Å². The van der Waals surface area contributed by atoms with Crippen LogP contribution in [0.3, 0.4) is 0 Å². The lowest BCUT2D eigenvalue weighted by Gasteiger charge is -2.22. The molecule has 0 fully saturated rings. The summed E-state index contributed by atoms with van der Waals surface area (Å²) in [6.45, 7) is 4.96. The van der Waals surface area contributed by atoms with Gasteiger partial charge in [-0.1, -0.05) is 289 Å². The maximum atomic E-state index is 12.5. The molecular formula is C61H119NO5. The van der Waals surface area contributed by atoms with Gasteiger partial charge < -0.3 is 20.3 Å². The molecule has 0 aliphatic carbocycles. The van der Waals surface area contributed by atoms with E-state index < -0.39 is 12.1 Å². The number of carbonyl (C=O) groups excluding carboxylic acids is 2. The molecule has 0 spiro atoms. The summed E-state index contributed by atoms with van der Waals surface area (Å²) < 4.78 is 5.48. The van der Waals surface area contributed by atoms with Crippen molar-refractivity contribution in [3.8, 4) is 0 Å². The summed E-state index contributed by atoms with van der Waals surface area (Å²) in [5, 5.41) is 23.3. The number of unbranched alkanes of at least 4 members (excludes halogenated alkanes) is 44. The van der Waals surface area contributed by atoms with Crippen LogP contribution in [-0.2, 0) is 14.3 Å². The molecule has 0 rings (SSSR count). The Morgan fingerprint density at radius 1 is 0.403 bits per heavy atom. The first-order chi connectivity index (χ1) is 33.0. The van der Waals surface area contributed by atoms with Gasteiger partial charge in [0.25, 0.3) is 0 Å². The molecule has 2 atom stereocenters. The molecule has 0 aromatic rings. The second-order valence-electron chi connectivity index (χ2n) is 21.0. The van der Waals surface area contributed by atoms with Crippen molar-refractivity contribution < 1.29 is 24.5 Å². The van der Waals surface area contributed by atoms with E-state index >= 15 is 0 Å². The second-order valence-corrected chi connectivity index (χ2v) is 21.0. The number of amides is 1. The highest BCUT2D eigenvalue weighted by atomic mass is 16.5. The zero-order valence-corrected chi connectivity index (χ0v) is 45.4. The third-order valence-corrected chi connectivity index (χ3v) is 14.3. The van der Waals surface area contributed by atoms with Crippen LogP contribution in [0, 0.1) is 0 Å². The number of allylic oxidation sites excluding steroid dienone is 2. The van der Waals surface area contributed by atoms with E-state index in [2.05, 4.69) is 31.3 Å². The number of aliphatic hydroxyl groups is 2. The Labute approximate surface area is 419 Å². The number of hydrogen-bond donors (Lipinski definition) is 3. The molecule has 0 heterocycles. The van der Waals surface area contributed by atoms with Gasteiger partial charge in [0.15, 0.2) is 0 Å². The molecule has 3 N–H and O–H groups in total. The van der Waals surface area contributed by atoms with Crippen LogP contribution in [0.5, 0.6) is 0 Å². The minimum atomic E-state index is -0.666. The molecule has 1 amide bonds.